The zero-order valence-electron chi connectivity index (χ0n) is 16.5. The molecule has 1 fully saturated rings. The summed E-state index contributed by atoms with van der Waals surface area (Å²) in [5.41, 5.74) is 1.91. The molecular weight excluding hydrogens is 342 g/mol. The highest BCUT2D eigenvalue weighted by Gasteiger charge is 2.13. The summed E-state index contributed by atoms with van der Waals surface area (Å²) >= 11 is 0. The third kappa shape index (κ3) is 5.07. The van der Waals surface area contributed by atoms with Crippen LogP contribution in [0.1, 0.15) is 19.3 Å². The minimum atomic E-state index is 0.669. The SMILES string of the molecule is COc1cc(OCCN2CCCCC2)cc(-c2cc(OC)ccc2OC)c1. The Bertz CT molecular complexity index is 741. The second-order valence-electron chi connectivity index (χ2n) is 6.71. The summed E-state index contributed by atoms with van der Waals surface area (Å²) in [6, 6.07) is 11.7. The van der Waals surface area contributed by atoms with Crippen molar-refractivity contribution in [2.24, 2.45) is 0 Å². The van der Waals surface area contributed by atoms with Crippen molar-refractivity contribution in [1.29, 1.82) is 0 Å². The van der Waals surface area contributed by atoms with Crippen molar-refractivity contribution < 1.29 is 18.9 Å². The molecule has 0 spiro atoms. The van der Waals surface area contributed by atoms with E-state index in [1.807, 2.05) is 36.4 Å². The fourth-order valence-corrected chi connectivity index (χ4v) is 3.44. The van der Waals surface area contributed by atoms with Crippen molar-refractivity contribution >= 4 is 0 Å². The van der Waals surface area contributed by atoms with E-state index in [4.69, 9.17) is 18.9 Å². The minimum Gasteiger partial charge on any atom is -0.497 e. The highest BCUT2D eigenvalue weighted by Crippen LogP contribution is 2.37. The molecule has 0 amide bonds. The average Bonchev–Trinajstić information content (AvgIpc) is 2.73. The lowest BCUT2D eigenvalue weighted by Crippen LogP contribution is -2.33. The summed E-state index contributed by atoms with van der Waals surface area (Å²) < 4.78 is 22.4. The summed E-state index contributed by atoms with van der Waals surface area (Å²) in [5.74, 6) is 3.11. The quantitative estimate of drug-likeness (QED) is 0.694. The molecule has 5 heteroatoms. The lowest BCUT2D eigenvalue weighted by atomic mass is 10.0. The predicted molar refractivity (Wildman–Crippen MR) is 107 cm³/mol. The molecular formula is C22H29NO4. The molecule has 1 aliphatic heterocycles. The molecule has 0 unspecified atom stereocenters. The van der Waals surface area contributed by atoms with E-state index >= 15 is 0 Å². The molecule has 5 nitrogen and oxygen atoms in total. The molecule has 0 aliphatic carbocycles. The molecule has 0 radical (unpaired) electrons. The van der Waals surface area contributed by atoms with Crippen molar-refractivity contribution in [3.05, 3.63) is 36.4 Å². The van der Waals surface area contributed by atoms with Crippen LogP contribution in [0.3, 0.4) is 0 Å². The van der Waals surface area contributed by atoms with Gasteiger partial charge in [0, 0.05) is 18.2 Å². The molecule has 27 heavy (non-hydrogen) atoms. The first kappa shape index (κ1) is 19.4. The summed E-state index contributed by atoms with van der Waals surface area (Å²) in [6.07, 6.45) is 3.93. The molecule has 1 heterocycles. The molecule has 1 aliphatic rings. The average molecular weight is 371 g/mol. The van der Waals surface area contributed by atoms with E-state index in [1.54, 1.807) is 21.3 Å². The van der Waals surface area contributed by atoms with Crippen molar-refractivity contribution in [2.45, 2.75) is 19.3 Å². The van der Waals surface area contributed by atoms with E-state index in [0.29, 0.717) is 6.61 Å². The Morgan fingerprint density at radius 2 is 1.52 bits per heavy atom. The second kappa shape index (κ2) is 9.51. The van der Waals surface area contributed by atoms with Crippen molar-refractivity contribution in [2.75, 3.05) is 47.6 Å². The van der Waals surface area contributed by atoms with E-state index in [2.05, 4.69) is 4.90 Å². The highest BCUT2D eigenvalue weighted by atomic mass is 16.5. The van der Waals surface area contributed by atoms with Crippen molar-refractivity contribution in [3.63, 3.8) is 0 Å². The normalized spacial score (nSPS) is 14.6. The second-order valence-corrected chi connectivity index (χ2v) is 6.71. The van der Waals surface area contributed by atoms with Crippen LogP contribution < -0.4 is 18.9 Å². The smallest absolute Gasteiger partial charge is 0.126 e. The number of piperidine rings is 1. The number of ether oxygens (including phenoxy) is 4. The molecule has 0 bridgehead atoms. The van der Waals surface area contributed by atoms with Crippen LogP contribution in [0.4, 0.5) is 0 Å². The van der Waals surface area contributed by atoms with Gasteiger partial charge in [-0.25, -0.2) is 0 Å². The molecule has 0 N–H and O–H groups in total. The fraction of sp³-hybridized carbons (Fsp3) is 0.455. The molecule has 0 saturated carbocycles. The summed E-state index contributed by atoms with van der Waals surface area (Å²) in [6.45, 7) is 3.97. The molecule has 146 valence electrons. The monoisotopic (exact) mass is 371 g/mol. The van der Waals surface area contributed by atoms with Gasteiger partial charge in [0.25, 0.3) is 0 Å². The summed E-state index contributed by atoms with van der Waals surface area (Å²) in [7, 11) is 4.99. The van der Waals surface area contributed by atoms with Crippen LogP contribution in [0.5, 0.6) is 23.0 Å². The largest absolute Gasteiger partial charge is 0.497 e. The van der Waals surface area contributed by atoms with Crippen LogP contribution >= 0.6 is 0 Å². The van der Waals surface area contributed by atoms with Gasteiger partial charge in [0.05, 0.1) is 21.3 Å². The zero-order valence-corrected chi connectivity index (χ0v) is 16.5. The fourth-order valence-electron chi connectivity index (χ4n) is 3.44. The molecule has 2 aromatic carbocycles. The lowest BCUT2D eigenvalue weighted by molar-refractivity contribution is 0.183. The Hall–Kier alpha value is -2.40. The third-order valence-corrected chi connectivity index (χ3v) is 4.96. The van der Waals surface area contributed by atoms with Crippen LogP contribution in [-0.4, -0.2) is 52.5 Å². The predicted octanol–water partition coefficient (Wildman–Crippen LogP) is 4.24. The van der Waals surface area contributed by atoms with Crippen molar-refractivity contribution in [1.82, 2.24) is 4.90 Å². The Morgan fingerprint density at radius 1 is 0.778 bits per heavy atom. The van der Waals surface area contributed by atoms with Crippen LogP contribution in [-0.2, 0) is 0 Å². The third-order valence-electron chi connectivity index (χ3n) is 4.96. The minimum absolute atomic E-state index is 0.669. The van der Waals surface area contributed by atoms with Gasteiger partial charge in [-0.3, -0.25) is 4.90 Å². The lowest BCUT2D eigenvalue weighted by Gasteiger charge is -2.26. The Labute approximate surface area is 161 Å². The van der Waals surface area contributed by atoms with Gasteiger partial charge in [-0.1, -0.05) is 6.42 Å². The standard InChI is InChI=1S/C22H29NO4/c1-24-18-7-8-22(26-3)21(16-18)17-13-19(25-2)15-20(14-17)27-12-11-23-9-5-4-6-10-23/h7-8,13-16H,4-6,9-12H2,1-3H3. The van der Waals surface area contributed by atoms with Crippen LogP contribution in [0.15, 0.2) is 36.4 Å². The Kier molecular flexibility index (Phi) is 6.82. The van der Waals surface area contributed by atoms with E-state index in [0.717, 1.165) is 40.7 Å². The first-order valence-corrected chi connectivity index (χ1v) is 9.50. The maximum Gasteiger partial charge on any atom is 0.126 e. The van der Waals surface area contributed by atoms with Crippen LogP contribution in [0, 0.1) is 0 Å². The first-order chi connectivity index (χ1) is 13.2. The molecule has 0 atom stereocenters. The van der Waals surface area contributed by atoms with Gasteiger partial charge >= 0.3 is 0 Å². The van der Waals surface area contributed by atoms with Gasteiger partial charge in [0.1, 0.15) is 29.6 Å². The molecule has 1 saturated heterocycles. The molecule has 2 aromatic rings. The number of rotatable bonds is 8. The zero-order chi connectivity index (χ0) is 19.1. The summed E-state index contributed by atoms with van der Waals surface area (Å²) in [5, 5.41) is 0. The van der Waals surface area contributed by atoms with Gasteiger partial charge < -0.3 is 18.9 Å². The number of hydrogen-bond acceptors (Lipinski definition) is 5. The van der Waals surface area contributed by atoms with Gasteiger partial charge in [0.15, 0.2) is 0 Å². The van der Waals surface area contributed by atoms with Crippen LogP contribution in [0.25, 0.3) is 11.1 Å². The molecule has 3 rings (SSSR count). The van der Waals surface area contributed by atoms with Crippen molar-refractivity contribution in [3.8, 4) is 34.1 Å². The number of likely N-dealkylation sites (tertiary alicyclic amines) is 1. The first-order valence-electron chi connectivity index (χ1n) is 9.50. The number of methoxy groups -OCH3 is 3. The van der Waals surface area contributed by atoms with Crippen LogP contribution in [0.2, 0.25) is 0 Å². The summed E-state index contributed by atoms with van der Waals surface area (Å²) in [4.78, 5) is 2.47. The Morgan fingerprint density at radius 3 is 2.22 bits per heavy atom. The molecule has 0 aromatic heterocycles. The maximum atomic E-state index is 6.05. The van der Waals surface area contributed by atoms with E-state index in [-0.39, 0.29) is 0 Å². The van der Waals surface area contributed by atoms with E-state index < -0.39 is 0 Å². The van der Waals surface area contributed by atoms with Gasteiger partial charge in [-0.2, -0.15) is 0 Å². The van der Waals surface area contributed by atoms with Gasteiger partial charge in [0.2, 0.25) is 0 Å². The number of benzene rings is 2. The number of hydrogen-bond donors (Lipinski definition) is 0. The number of nitrogens with zero attached hydrogens (tertiary/aromatic N) is 1. The van der Waals surface area contributed by atoms with Gasteiger partial charge in [-0.15, -0.1) is 0 Å². The van der Waals surface area contributed by atoms with Gasteiger partial charge in [-0.05, 0) is 61.8 Å². The topological polar surface area (TPSA) is 40.2 Å². The van der Waals surface area contributed by atoms with E-state index in [1.165, 1.54) is 32.4 Å². The highest BCUT2D eigenvalue weighted by molar-refractivity contribution is 5.74. The Balaban J connectivity index is 1.79. The maximum absolute atomic E-state index is 6.05. The van der Waals surface area contributed by atoms with E-state index in [9.17, 15) is 0 Å².